The van der Waals surface area contributed by atoms with Crippen LogP contribution in [0.15, 0.2) is 63.8 Å². The number of nitriles is 1. The normalized spacial score (nSPS) is 10.7. The van der Waals surface area contributed by atoms with E-state index in [0.717, 1.165) is 16.4 Å². The third-order valence-corrected chi connectivity index (χ3v) is 4.11. The highest BCUT2D eigenvalue weighted by Gasteiger charge is 2.18. The van der Waals surface area contributed by atoms with Crippen LogP contribution in [0, 0.1) is 11.3 Å². The molecule has 0 fully saturated rings. The Morgan fingerprint density at radius 3 is 2.27 bits per heavy atom. The van der Waals surface area contributed by atoms with E-state index in [1.807, 2.05) is 30.3 Å². The number of benzene rings is 1. The number of nitrogens with zero attached hydrogens (tertiary/aromatic N) is 1. The van der Waals surface area contributed by atoms with Crippen LogP contribution in [0.2, 0.25) is 5.02 Å². The van der Waals surface area contributed by atoms with Gasteiger partial charge in [0.1, 0.15) is 19.2 Å². The number of halogens is 1. The number of nitrogens with one attached hydrogen (secondary N) is 2. The van der Waals surface area contributed by atoms with E-state index in [9.17, 15) is 4.79 Å². The van der Waals surface area contributed by atoms with Gasteiger partial charge in [0.2, 0.25) is 0 Å². The van der Waals surface area contributed by atoms with Crippen LogP contribution >= 0.6 is 11.6 Å². The lowest BCUT2D eigenvalue weighted by atomic mass is 10.2. The molecule has 0 aliphatic carbocycles. The molecular weight excluding hydrogens is 354 g/mol. The first-order chi connectivity index (χ1) is 12.6. The number of carbonyl (C=O) groups is 1. The van der Waals surface area contributed by atoms with E-state index in [1.165, 1.54) is 0 Å². The number of quaternary nitrogens is 1. The zero-order valence-corrected chi connectivity index (χ0v) is 14.6. The average molecular weight is 371 g/mol. The van der Waals surface area contributed by atoms with Crippen molar-refractivity contribution in [2.75, 3.05) is 11.9 Å². The van der Waals surface area contributed by atoms with Crippen molar-refractivity contribution in [3.63, 3.8) is 0 Å². The Hall–Kier alpha value is -3.01. The largest absolute Gasteiger partial charge is 0.463 e. The monoisotopic (exact) mass is 370 g/mol. The molecule has 26 heavy (non-hydrogen) atoms. The van der Waals surface area contributed by atoms with Gasteiger partial charge in [0.05, 0.1) is 23.1 Å². The van der Waals surface area contributed by atoms with Crippen molar-refractivity contribution in [3.8, 4) is 6.07 Å². The fraction of sp³-hybridized carbons (Fsp3) is 0.158. The third kappa shape index (κ3) is 4.76. The fourth-order valence-electron chi connectivity index (χ4n) is 2.62. The van der Waals surface area contributed by atoms with Crippen molar-refractivity contribution >= 4 is 23.2 Å². The maximum absolute atomic E-state index is 12.4. The number of amides is 1. The topological polar surface area (TPSA) is 83.6 Å². The number of carbonyl (C=O) groups excluding carboxylic acids is 1. The lowest BCUT2D eigenvalue weighted by molar-refractivity contribution is -0.921. The van der Waals surface area contributed by atoms with E-state index in [-0.39, 0.29) is 12.5 Å². The predicted octanol–water partition coefficient (Wildman–Crippen LogP) is 2.62. The number of hydrogen-bond donors (Lipinski definition) is 2. The molecule has 132 valence electrons. The van der Waals surface area contributed by atoms with Gasteiger partial charge in [-0.05, 0) is 42.5 Å². The van der Waals surface area contributed by atoms with Crippen LogP contribution in [-0.2, 0) is 17.9 Å². The van der Waals surface area contributed by atoms with Crippen LogP contribution < -0.4 is 10.2 Å². The van der Waals surface area contributed by atoms with Crippen LogP contribution in [0.4, 0.5) is 5.69 Å². The van der Waals surface area contributed by atoms with Gasteiger partial charge in [-0.3, -0.25) is 4.79 Å². The van der Waals surface area contributed by atoms with Crippen molar-refractivity contribution < 1.29 is 18.5 Å². The Bertz CT molecular complexity index is 863. The summed E-state index contributed by atoms with van der Waals surface area (Å²) in [5.41, 5.74) is 0.918. The van der Waals surface area contributed by atoms with Gasteiger partial charge in [0.15, 0.2) is 18.1 Å². The molecule has 0 unspecified atom stereocenters. The smallest absolute Gasteiger partial charge is 0.279 e. The summed E-state index contributed by atoms with van der Waals surface area (Å²) in [4.78, 5) is 13.4. The summed E-state index contributed by atoms with van der Waals surface area (Å²) >= 11 is 6.00. The summed E-state index contributed by atoms with van der Waals surface area (Å²) in [6, 6.07) is 14.2. The highest BCUT2D eigenvalue weighted by atomic mass is 35.5. The van der Waals surface area contributed by atoms with Crippen LogP contribution in [0.5, 0.6) is 0 Å². The van der Waals surface area contributed by atoms with Crippen LogP contribution in [0.25, 0.3) is 0 Å². The highest BCUT2D eigenvalue weighted by molar-refractivity contribution is 6.32. The zero-order valence-electron chi connectivity index (χ0n) is 13.9. The van der Waals surface area contributed by atoms with Gasteiger partial charge in [-0.25, -0.2) is 0 Å². The Morgan fingerprint density at radius 1 is 1.12 bits per heavy atom. The molecule has 1 aromatic carbocycles. The van der Waals surface area contributed by atoms with Crippen LogP contribution in [0.3, 0.4) is 0 Å². The summed E-state index contributed by atoms with van der Waals surface area (Å²) in [7, 11) is 0. The van der Waals surface area contributed by atoms with Crippen LogP contribution in [-0.4, -0.2) is 12.5 Å². The first-order valence-electron chi connectivity index (χ1n) is 8.02. The Balaban J connectivity index is 1.66. The van der Waals surface area contributed by atoms with Gasteiger partial charge in [-0.15, -0.1) is 0 Å². The molecule has 0 atom stereocenters. The summed E-state index contributed by atoms with van der Waals surface area (Å²) in [5, 5.41) is 12.0. The third-order valence-electron chi connectivity index (χ3n) is 3.79. The van der Waals surface area contributed by atoms with Crippen molar-refractivity contribution in [2.24, 2.45) is 0 Å². The molecule has 0 radical (unpaired) electrons. The standard InChI is InChI=1S/C19H16ClN3O3/c20-18-9-15(6-5-14(18)10-21)22-19(24)13-23(11-16-3-1-7-25-16)12-17-4-2-8-26-17/h1-9H,11-13H2,(H,22,24)/p+1. The van der Waals surface area contributed by atoms with E-state index in [2.05, 4.69) is 5.32 Å². The second kappa shape index (κ2) is 8.39. The summed E-state index contributed by atoms with van der Waals surface area (Å²) in [6.45, 7) is 1.32. The maximum Gasteiger partial charge on any atom is 0.279 e. The number of rotatable bonds is 7. The first-order valence-corrected chi connectivity index (χ1v) is 8.39. The number of hydrogen-bond acceptors (Lipinski definition) is 4. The molecule has 2 aromatic heterocycles. The van der Waals surface area contributed by atoms with Gasteiger partial charge < -0.3 is 19.1 Å². The van der Waals surface area contributed by atoms with Gasteiger partial charge in [0.25, 0.3) is 5.91 Å². The summed E-state index contributed by atoms with van der Waals surface area (Å²) in [5.74, 6) is 1.42. The molecule has 0 saturated carbocycles. The Morgan fingerprint density at radius 2 is 1.77 bits per heavy atom. The summed E-state index contributed by atoms with van der Waals surface area (Å²) in [6.07, 6.45) is 3.22. The minimum atomic E-state index is -0.168. The maximum atomic E-state index is 12.4. The van der Waals surface area contributed by atoms with E-state index in [0.29, 0.717) is 29.4 Å². The number of anilines is 1. The van der Waals surface area contributed by atoms with Crippen molar-refractivity contribution in [1.29, 1.82) is 5.26 Å². The Kier molecular flexibility index (Phi) is 5.74. The second-order valence-corrected chi connectivity index (χ2v) is 6.20. The van der Waals surface area contributed by atoms with E-state index in [1.54, 1.807) is 30.7 Å². The molecule has 0 aliphatic heterocycles. The molecule has 3 rings (SSSR count). The SMILES string of the molecule is N#Cc1ccc(NC(=O)C[NH+](Cc2ccco2)Cc2ccco2)cc1Cl. The van der Waals surface area contributed by atoms with E-state index < -0.39 is 0 Å². The molecule has 3 aromatic rings. The minimum Gasteiger partial charge on any atom is -0.463 e. The molecule has 0 saturated heterocycles. The molecule has 0 spiro atoms. The first kappa shape index (κ1) is 17.8. The van der Waals surface area contributed by atoms with Crippen LogP contribution in [0.1, 0.15) is 17.1 Å². The van der Waals surface area contributed by atoms with Crippen molar-refractivity contribution in [3.05, 3.63) is 77.1 Å². The van der Waals surface area contributed by atoms with Gasteiger partial charge in [0, 0.05) is 5.69 Å². The van der Waals surface area contributed by atoms with Gasteiger partial charge in [-0.1, -0.05) is 11.6 Å². The lowest BCUT2D eigenvalue weighted by Gasteiger charge is -2.17. The van der Waals surface area contributed by atoms with E-state index in [4.69, 9.17) is 25.7 Å². The highest BCUT2D eigenvalue weighted by Crippen LogP contribution is 2.19. The fourth-order valence-corrected chi connectivity index (χ4v) is 2.85. The summed E-state index contributed by atoms with van der Waals surface area (Å²) < 4.78 is 10.8. The molecular formula is C19H17ClN3O3+. The van der Waals surface area contributed by atoms with Gasteiger partial charge >= 0.3 is 0 Å². The van der Waals surface area contributed by atoms with Crippen molar-refractivity contribution in [1.82, 2.24) is 0 Å². The minimum absolute atomic E-state index is 0.168. The van der Waals surface area contributed by atoms with E-state index >= 15 is 0 Å². The lowest BCUT2D eigenvalue weighted by Crippen LogP contribution is -3.10. The molecule has 1 amide bonds. The van der Waals surface area contributed by atoms with Gasteiger partial charge in [-0.2, -0.15) is 5.26 Å². The molecule has 2 N–H and O–H groups in total. The zero-order chi connectivity index (χ0) is 18.4. The second-order valence-electron chi connectivity index (χ2n) is 5.79. The van der Waals surface area contributed by atoms with Crippen molar-refractivity contribution in [2.45, 2.75) is 13.1 Å². The average Bonchev–Trinajstić information content (AvgIpc) is 3.29. The molecule has 0 aliphatic rings. The number of furan rings is 2. The molecule has 6 nitrogen and oxygen atoms in total. The predicted molar refractivity (Wildman–Crippen MR) is 95.5 cm³/mol. The Labute approximate surface area is 155 Å². The molecule has 0 bridgehead atoms. The quantitative estimate of drug-likeness (QED) is 0.669. The molecule has 7 heteroatoms. The molecule has 2 heterocycles.